The first-order valence-electron chi connectivity index (χ1n) is 7.32. The molecule has 0 atom stereocenters. The average Bonchev–Trinajstić information content (AvgIpc) is 2.99. The van der Waals surface area contributed by atoms with Crippen LogP contribution in [0.2, 0.25) is 0 Å². The number of aliphatic hydroxyl groups is 1. The number of nitrogens with zero attached hydrogens (tertiary/aromatic N) is 1. The number of halogens is 3. The molecule has 3 rings (SSSR count). The van der Waals surface area contributed by atoms with Crippen molar-refractivity contribution in [2.45, 2.75) is 12.6 Å². The largest absolute Gasteiger partial charge is 0.416 e. The number of hydrogen-bond acceptors (Lipinski definition) is 3. The number of thiazole rings is 1. The Morgan fingerprint density at radius 1 is 0.917 bits per heavy atom. The van der Waals surface area contributed by atoms with E-state index in [0.29, 0.717) is 17.0 Å². The van der Waals surface area contributed by atoms with Gasteiger partial charge >= 0.3 is 6.18 Å². The summed E-state index contributed by atoms with van der Waals surface area (Å²) in [5, 5.41) is 9.90. The minimum atomic E-state index is -4.35. The highest BCUT2D eigenvalue weighted by atomic mass is 32.1. The Labute approximate surface area is 141 Å². The second-order valence-corrected chi connectivity index (χ2v) is 6.29. The van der Waals surface area contributed by atoms with Crippen LogP contribution < -0.4 is 0 Å². The molecule has 2 aromatic carbocycles. The van der Waals surface area contributed by atoms with Gasteiger partial charge in [-0.1, -0.05) is 42.5 Å². The Hall–Kier alpha value is -2.18. The monoisotopic (exact) mass is 349 g/mol. The molecule has 0 aliphatic heterocycles. The van der Waals surface area contributed by atoms with Gasteiger partial charge in [-0.2, -0.15) is 13.2 Å². The van der Waals surface area contributed by atoms with Crippen LogP contribution in [0.15, 0.2) is 54.6 Å². The fraction of sp³-hybridized carbons (Fsp3) is 0.167. The molecule has 0 saturated heterocycles. The lowest BCUT2D eigenvalue weighted by atomic mass is 10.1. The predicted octanol–water partition coefficient (Wildman–Crippen LogP) is 5.03. The zero-order chi connectivity index (χ0) is 17.2. The van der Waals surface area contributed by atoms with E-state index in [4.69, 9.17) is 0 Å². The quantitative estimate of drug-likeness (QED) is 0.716. The van der Waals surface area contributed by atoms with E-state index < -0.39 is 11.7 Å². The Morgan fingerprint density at radius 3 is 2.17 bits per heavy atom. The van der Waals surface area contributed by atoms with Gasteiger partial charge in [0.2, 0.25) is 0 Å². The zero-order valence-corrected chi connectivity index (χ0v) is 13.4. The molecule has 3 aromatic rings. The maximum absolute atomic E-state index is 12.7. The molecule has 0 aliphatic rings. The Bertz CT molecular complexity index is 811. The number of aromatic nitrogens is 1. The van der Waals surface area contributed by atoms with E-state index in [-0.39, 0.29) is 6.61 Å². The molecule has 0 amide bonds. The second-order valence-electron chi connectivity index (χ2n) is 5.21. The van der Waals surface area contributed by atoms with Crippen LogP contribution in [-0.4, -0.2) is 16.7 Å². The average molecular weight is 349 g/mol. The minimum absolute atomic E-state index is 0.00548. The zero-order valence-electron chi connectivity index (χ0n) is 12.5. The van der Waals surface area contributed by atoms with Gasteiger partial charge in [0.05, 0.1) is 11.3 Å². The molecule has 6 heteroatoms. The molecule has 0 saturated carbocycles. The summed E-state index contributed by atoms with van der Waals surface area (Å²) < 4.78 is 38.0. The van der Waals surface area contributed by atoms with E-state index in [0.717, 1.165) is 28.3 Å². The fourth-order valence-corrected chi connectivity index (χ4v) is 3.45. The highest BCUT2D eigenvalue weighted by molar-refractivity contribution is 7.15. The summed E-state index contributed by atoms with van der Waals surface area (Å²) in [5.74, 6) is 0. The molecule has 24 heavy (non-hydrogen) atoms. The van der Waals surface area contributed by atoms with Crippen molar-refractivity contribution in [1.82, 2.24) is 4.98 Å². The lowest BCUT2D eigenvalue weighted by Gasteiger charge is -2.06. The highest BCUT2D eigenvalue weighted by Gasteiger charge is 2.30. The van der Waals surface area contributed by atoms with Gasteiger partial charge in [-0.05, 0) is 12.1 Å². The van der Waals surface area contributed by atoms with Gasteiger partial charge in [-0.3, -0.25) is 0 Å². The van der Waals surface area contributed by atoms with Crippen molar-refractivity contribution >= 4 is 11.3 Å². The van der Waals surface area contributed by atoms with Gasteiger partial charge in [-0.25, -0.2) is 4.98 Å². The summed E-state index contributed by atoms with van der Waals surface area (Å²) >= 11 is 1.39. The molecule has 0 unspecified atom stereocenters. The minimum Gasteiger partial charge on any atom is -0.396 e. The molecule has 1 N–H and O–H groups in total. The third-order valence-corrected chi connectivity index (χ3v) is 4.71. The van der Waals surface area contributed by atoms with Gasteiger partial charge in [0, 0.05) is 29.0 Å². The van der Waals surface area contributed by atoms with Crippen LogP contribution in [0.5, 0.6) is 0 Å². The SMILES string of the molecule is OCCc1sc(-c2ccc(C(F)(F)F)cc2)nc1-c1ccccc1. The van der Waals surface area contributed by atoms with Gasteiger partial charge in [0.1, 0.15) is 5.01 Å². The maximum atomic E-state index is 12.7. The van der Waals surface area contributed by atoms with E-state index in [1.807, 2.05) is 30.3 Å². The molecule has 0 spiro atoms. The number of benzene rings is 2. The number of rotatable bonds is 4. The summed E-state index contributed by atoms with van der Waals surface area (Å²) in [6, 6.07) is 14.5. The second kappa shape index (κ2) is 6.75. The van der Waals surface area contributed by atoms with Crippen molar-refractivity contribution < 1.29 is 18.3 Å². The first-order valence-corrected chi connectivity index (χ1v) is 8.14. The number of hydrogen-bond donors (Lipinski definition) is 1. The van der Waals surface area contributed by atoms with Gasteiger partial charge < -0.3 is 5.11 Å². The van der Waals surface area contributed by atoms with Gasteiger partial charge in [-0.15, -0.1) is 11.3 Å². The third-order valence-electron chi connectivity index (χ3n) is 3.54. The summed E-state index contributed by atoms with van der Waals surface area (Å²) in [7, 11) is 0. The smallest absolute Gasteiger partial charge is 0.396 e. The van der Waals surface area contributed by atoms with Crippen LogP contribution in [0.1, 0.15) is 10.4 Å². The summed E-state index contributed by atoms with van der Waals surface area (Å²) in [6.07, 6.45) is -3.89. The van der Waals surface area contributed by atoms with Crippen LogP contribution in [0, 0.1) is 0 Å². The molecule has 0 fully saturated rings. The van der Waals surface area contributed by atoms with Gasteiger partial charge in [0.25, 0.3) is 0 Å². The van der Waals surface area contributed by atoms with Crippen LogP contribution >= 0.6 is 11.3 Å². The molecule has 0 bridgehead atoms. The van der Waals surface area contributed by atoms with E-state index in [2.05, 4.69) is 4.98 Å². The first kappa shape index (κ1) is 16.7. The molecular formula is C18H14F3NOS. The molecule has 0 aliphatic carbocycles. The molecule has 1 heterocycles. The standard InChI is InChI=1S/C18H14F3NOS/c19-18(20,21)14-8-6-13(7-9-14)17-22-16(15(24-17)10-11-23)12-4-2-1-3-5-12/h1-9,23H,10-11H2. The Kier molecular flexibility index (Phi) is 4.69. The lowest BCUT2D eigenvalue weighted by Crippen LogP contribution is -2.03. The topological polar surface area (TPSA) is 33.1 Å². The summed E-state index contributed by atoms with van der Waals surface area (Å²) in [4.78, 5) is 5.50. The van der Waals surface area contributed by atoms with Crippen LogP contribution in [0.4, 0.5) is 13.2 Å². The Balaban J connectivity index is 2.00. The van der Waals surface area contributed by atoms with Crippen molar-refractivity contribution in [2.24, 2.45) is 0 Å². The van der Waals surface area contributed by atoms with Gasteiger partial charge in [0.15, 0.2) is 0 Å². The molecule has 0 radical (unpaired) electrons. The van der Waals surface area contributed by atoms with E-state index in [1.54, 1.807) is 0 Å². The molecule has 124 valence electrons. The van der Waals surface area contributed by atoms with Crippen LogP contribution in [0.3, 0.4) is 0 Å². The normalized spacial score (nSPS) is 11.7. The summed E-state index contributed by atoms with van der Waals surface area (Å²) in [6.45, 7) is -0.00548. The first-order chi connectivity index (χ1) is 11.5. The molecule has 1 aromatic heterocycles. The van der Waals surface area contributed by atoms with Crippen molar-refractivity contribution in [3.63, 3.8) is 0 Å². The van der Waals surface area contributed by atoms with Crippen LogP contribution in [-0.2, 0) is 12.6 Å². The van der Waals surface area contributed by atoms with Crippen molar-refractivity contribution in [2.75, 3.05) is 6.61 Å². The predicted molar refractivity (Wildman–Crippen MR) is 88.8 cm³/mol. The summed E-state index contributed by atoms with van der Waals surface area (Å²) in [5.41, 5.74) is 1.65. The van der Waals surface area contributed by atoms with E-state index in [9.17, 15) is 18.3 Å². The lowest BCUT2D eigenvalue weighted by molar-refractivity contribution is -0.137. The maximum Gasteiger partial charge on any atom is 0.416 e. The van der Waals surface area contributed by atoms with Crippen molar-refractivity contribution in [3.05, 3.63) is 65.0 Å². The number of aliphatic hydroxyl groups excluding tert-OH is 1. The van der Waals surface area contributed by atoms with Crippen molar-refractivity contribution in [3.8, 4) is 21.8 Å². The third kappa shape index (κ3) is 3.49. The van der Waals surface area contributed by atoms with Crippen LogP contribution in [0.25, 0.3) is 21.8 Å². The van der Waals surface area contributed by atoms with E-state index in [1.165, 1.54) is 23.5 Å². The number of alkyl halides is 3. The molecular weight excluding hydrogens is 335 g/mol. The van der Waals surface area contributed by atoms with E-state index >= 15 is 0 Å². The van der Waals surface area contributed by atoms with Crippen molar-refractivity contribution in [1.29, 1.82) is 0 Å². The molecule has 2 nitrogen and oxygen atoms in total. The highest BCUT2D eigenvalue weighted by Crippen LogP contribution is 2.36. The fourth-order valence-electron chi connectivity index (χ4n) is 2.37. The Morgan fingerprint density at radius 2 is 1.58 bits per heavy atom.